The molecular weight excluding hydrogens is 172 g/mol. The van der Waals surface area contributed by atoms with E-state index in [1.54, 1.807) is 13.8 Å². The number of rotatable bonds is 6. The van der Waals surface area contributed by atoms with Gasteiger partial charge in [-0.3, -0.25) is 9.59 Å². The smallest absolute Gasteiger partial charge is 0.307 e. The van der Waals surface area contributed by atoms with E-state index in [0.29, 0.717) is 6.54 Å². The quantitative estimate of drug-likeness (QED) is 0.527. The third kappa shape index (κ3) is 5.19. The number of carboxylic acids is 1. The van der Waals surface area contributed by atoms with Crippen LogP contribution < -0.4 is 11.1 Å². The second kappa shape index (κ2) is 5.53. The summed E-state index contributed by atoms with van der Waals surface area (Å²) in [6.07, 6.45) is 0.233. The number of carbonyl (C=O) groups is 2. The largest absolute Gasteiger partial charge is 0.481 e. The normalized spacial score (nSPS) is 14.9. The summed E-state index contributed by atoms with van der Waals surface area (Å²) in [7, 11) is 0. The molecule has 0 heterocycles. The van der Waals surface area contributed by atoms with E-state index in [4.69, 9.17) is 10.8 Å². The molecule has 76 valence electrons. The minimum absolute atomic E-state index is 0.156. The van der Waals surface area contributed by atoms with Gasteiger partial charge in [0.05, 0.1) is 5.92 Å². The molecule has 1 amide bonds. The highest BCUT2D eigenvalue weighted by molar-refractivity contribution is 5.74. The maximum Gasteiger partial charge on any atom is 0.307 e. The Kier molecular flexibility index (Phi) is 5.06. The van der Waals surface area contributed by atoms with E-state index in [1.807, 2.05) is 0 Å². The van der Waals surface area contributed by atoms with Crippen LogP contribution in [0.25, 0.3) is 0 Å². The molecular formula is C8H16N2O3. The Morgan fingerprint density at radius 2 is 2.00 bits per heavy atom. The van der Waals surface area contributed by atoms with Crippen LogP contribution in [-0.4, -0.2) is 29.6 Å². The Bertz CT molecular complexity index is 194. The molecule has 0 aliphatic heterocycles. The van der Waals surface area contributed by atoms with Crippen molar-refractivity contribution in [3.8, 4) is 0 Å². The molecule has 0 saturated heterocycles. The highest BCUT2D eigenvalue weighted by Crippen LogP contribution is 2.01. The van der Waals surface area contributed by atoms with Crippen LogP contribution in [-0.2, 0) is 9.59 Å². The number of primary amides is 1. The Morgan fingerprint density at radius 3 is 2.38 bits per heavy atom. The van der Waals surface area contributed by atoms with Gasteiger partial charge in [-0.25, -0.2) is 0 Å². The average molecular weight is 188 g/mol. The molecule has 0 spiro atoms. The third-order valence-electron chi connectivity index (χ3n) is 1.98. The lowest BCUT2D eigenvalue weighted by molar-refractivity contribution is -0.141. The number of hydrogen-bond donors (Lipinski definition) is 3. The van der Waals surface area contributed by atoms with Crippen LogP contribution in [0.2, 0.25) is 0 Å². The maximum absolute atomic E-state index is 10.5. The second-order valence-corrected chi connectivity index (χ2v) is 3.09. The van der Waals surface area contributed by atoms with Crippen LogP contribution in [0.4, 0.5) is 0 Å². The van der Waals surface area contributed by atoms with E-state index in [0.717, 1.165) is 0 Å². The molecule has 0 aliphatic rings. The zero-order chi connectivity index (χ0) is 10.4. The fourth-order valence-corrected chi connectivity index (χ4v) is 0.814. The highest BCUT2D eigenvalue weighted by atomic mass is 16.4. The molecule has 0 bridgehead atoms. The first-order chi connectivity index (χ1) is 5.95. The summed E-state index contributed by atoms with van der Waals surface area (Å²) in [5.41, 5.74) is 4.92. The molecule has 4 N–H and O–H groups in total. The van der Waals surface area contributed by atoms with Gasteiger partial charge in [-0.05, 0) is 6.92 Å². The van der Waals surface area contributed by atoms with Crippen molar-refractivity contribution in [1.29, 1.82) is 0 Å². The van der Waals surface area contributed by atoms with E-state index >= 15 is 0 Å². The molecule has 0 rings (SSSR count). The minimum atomic E-state index is -0.848. The van der Waals surface area contributed by atoms with Crippen LogP contribution in [0.3, 0.4) is 0 Å². The van der Waals surface area contributed by atoms with Gasteiger partial charge >= 0.3 is 5.97 Å². The lowest BCUT2D eigenvalue weighted by Gasteiger charge is -2.16. The van der Waals surface area contributed by atoms with Crippen LogP contribution in [0.5, 0.6) is 0 Å². The monoisotopic (exact) mass is 188 g/mol. The van der Waals surface area contributed by atoms with Gasteiger partial charge in [0.25, 0.3) is 0 Å². The Morgan fingerprint density at radius 1 is 1.46 bits per heavy atom. The fraction of sp³-hybridized carbons (Fsp3) is 0.750. The molecule has 0 fully saturated rings. The first-order valence-corrected chi connectivity index (χ1v) is 4.19. The van der Waals surface area contributed by atoms with Gasteiger partial charge in [0, 0.05) is 19.0 Å². The molecule has 2 atom stereocenters. The van der Waals surface area contributed by atoms with Crippen molar-refractivity contribution in [3.63, 3.8) is 0 Å². The summed E-state index contributed by atoms with van der Waals surface area (Å²) in [6, 6.07) is -0.156. The average Bonchev–Trinajstić information content (AvgIpc) is 2.02. The van der Waals surface area contributed by atoms with Gasteiger partial charge in [-0.1, -0.05) is 6.92 Å². The lowest BCUT2D eigenvalue weighted by atomic mass is 10.0. The van der Waals surface area contributed by atoms with Gasteiger partial charge in [-0.2, -0.15) is 0 Å². The number of nitrogens with two attached hydrogens (primary N) is 1. The van der Waals surface area contributed by atoms with Crippen molar-refractivity contribution in [1.82, 2.24) is 5.32 Å². The standard InChI is InChI=1S/C8H16N2O3/c1-5(8(12)13)6(2)10-4-3-7(9)11/h5-6,10H,3-4H2,1-2H3,(H2,9,11)(H,12,13). The van der Waals surface area contributed by atoms with E-state index in [-0.39, 0.29) is 18.4 Å². The summed E-state index contributed by atoms with van der Waals surface area (Å²) < 4.78 is 0. The van der Waals surface area contributed by atoms with Gasteiger partial charge in [0.2, 0.25) is 5.91 Å². The number of aliphatic carboxylic acids is 1. The molecule has 5 nitrogen and oxygen atoms in total. The number of nitrogens with one attached hydrogen (secondary N) is 1. The van der Waals surface area contributed by atoms with E-state index in [9.17, 15) is 9.59 Å². The zero-order valence-corrected chi connectivity index (χ0v) is 7.91. The van der Waals surface area contributed by atoms with Gasteiger partial charge in [0.15, 0.2) is 0 Å². The molecule has 0 aromatic carbocycles. The van der Waals surface area contributed by atoms with Gasteiger partial charge in [0.1, 0.15) is 0 Å². The fourth-order valence-electron chi connectivity index (χ4n) is 0.814. The first kappa shape index (κ1) is 11.9. The Balaban J connectivity index is 3.67. The summed E-state index contributed by atoms with van der Waals surface area (Å²) in [5, 5.41) is 11.5. The summed E-state index contributed by atoms with van der Waals surface area (Å²) in [6.45, 7) is 3.80. The maximum atomic E-state index is 10.5. The molecule has 13 heavy (non-hydrogen) atoms. The van der Waals surface area contributed by atoms with Crippen LogP contribution >= 0.6 is 0 Å². The molecule has 2 unspecified atom stereocenters. The number of amides is 1. The van der Waals surface area contributed by atoms with Crippen LogP contribution in [0, 0.1) is 5.92 Å². The summed E-state index contributed by atoms with van der Waals surface area (Å²) >= 11 is 0. The van der Waals surface area contributed by atoms with Gasteiger partial charge < -0.3 is 16.2 Å². The number of hydrogen-bond acceptors (Lipinski definition) is 3. The predicted octanol–water partition coefficient (Wildman–Crippen LogP) is -0.439. The van der Waals surface area contributed by atoms with Crippen LogP contribution in [0.1, 0.15) is 20.3 Å². The Hall–Kier alpha value is -1.10. The van der Waals surface area contributed by atoms with Gasteiger partial charge in [-0.15, -0.1) is 0 Å². The van der Waals surface area contributed by atoms with Crippen LogP contribution in [0.15, 0.2) is 0 Å². The zero-order valence-electron chi connectivity index (χ0n) is 7.91. The van der Waals surface area contributed by atoms with Crippen molar-refractivity contribution < 1.29 is 14.7 Å². The molecule has 0 aromatic rings. The molecule has 0 aliphatic carbocycles. The first-order valence-electron chi connectivity index (χ1n) is 4.19. The Labute approximate surface area is 77.3 Å². The number of carbonyl (C=O) groups excluding carboxylic acids is 1. The van der Waals surface area contributed by atoms with Crippen molar-refractivity contribution in [2.24, 2.45) is 11.7 Å². The molecule has 0 saturated carbocycles. The van der Waals surface area contributed by atoms with E-state index in [1.165, 1.54) is 0 Å². The predicted molar refractivity (Wildman–Crippen MR) is 48.1 cm³/mol. The SMILES string of the molecule is CC(NCCC(N)=O)C(C)C(=O)O. The number of carboxylic acid groups (broad SMARTS) is 1. The van der Waals surface area contributed by atoms with Crippen molar-refractivity contribution in [3.05, 3.63) is 0 Å². The van der Waals surface area contributed by atoms with E-state index < -0.39 is 11.9 Å². The van der Waals surface area contributed by atoms with Crippen molar-refractivity contribution in [2.45, 2.75) is 26.3 Å². The van der Waals surface area contributed by atoms with Crippen molar-refractivity contribution in [2.75, 3.05) is 6.54 Å². The molecule has 5 heteroatoms. The second-order valence-electron chi connectivity index (χ2n) is 3.09. The summed E-state index contributed by atoms with van der Waals surface area (Å²) in [4.78, 5) is 20.9. The van der Waals surface area contributed by atoms with Crippen molar-refractivity contribution >= 4 is 11.9 Å². The topological polar surface area (TPSA) is 92.4 Å². The summed E-state index contributed by atoms with van der Waals surface area (Å²) in [5.74, 6) is -1.70. The molecule has 0 aromatic heterocycles. The lowest BCUT2D eigenvalue weighted by Crippen LogP contribution is -2.37. The third-order valence-corrected chi connectivity index (χ3v) is 1.98. The van der Waals surface area contributed by atoms with E-state index in [2.05, 4.69) is 5.32 Å². The highest BCUT2D eigenvalue weighted by Gasteiger charge is 2.18. The molecule has 0 radical (unpaired) electrons. The minimum Gasteiger partial charge on any atom is -0.481 e.